The van der Waals surface area contributed by atoms with Crippen LogP contribution in [0.25, 0.3) is 0 Å². The van der Waals surface area contributed by atoms with Gasteiger partial charge in [0.05, 0.1) is 11.4 Å². The molecule has 2 fully saturated rings. The summed E-state index contributed by atoms with van der Waals surface area (Å²) in [6.45, 7) is 2.83. The maximum atomic E-state index is 12.4. The van der Waals surface area contributed by atoms with E-state index in [-0.39, 0.29) is 17.5 Å². The molecule has 0 atom stereocenters. The van der Waals surface area contributed by atoms with Crippen molar-refractivity contribution in [3.63, 3.8) is 0 Å². The van der Waals surface area contributed by atoms with Crippen LogP contribution >= 0.6 is 0 Å². The summed E-state index contributed by atoms with van der Waals surface area (Å²) in [5.41, 5.74) is 1.36. The van der Waals surface area contributed by atoms with Gasteiger partial charge in [-0.1, -0.05) is 31.4 Å². The normalized spacial score (nSPS) is 20.4. The van der Waals surface area contributed by atoms with Crippen molar-refractivity contribution in [2.75, 3.05) is 16.8 Å². The Morgan fingerprint density at radius 3 is 2.57 bits per heavy atom. The van der Waals surface area contributed by atoms with Crippen LogP contribution in [0.3, 0.4) is 0 Å². The van der Waals surface area contributed by atoms with Gasteiger partial charge in [0.2, 0.25) is 5.91 Å². The van der Waals surface area contributed by atoms with E-state index in [9.17, 15) is 9.59 Å². The van der Waals surface area contributed by atoms with E-state index in [0.29, 0.717) is 12.1 Å². The number of carbonyl (C=O) groups excluding carboxylic acids is 2. The number of nitrogens with zero attached hydrogens (tertiary/aromatic N) is 1. The minimum Gasteiger partial charge on any atom is -0.333 e. The second-order valence-corrected chi connectivity index (χ2v) is 6.87. The first-order valence-corrected chi connectivity index (χ1v) is 8.56. The molecule has 0 radical (unpaired) electrons. The topological polar surface area (TPSA) is 61.4 Å². The van der Waals surface area contributed by atoms with Crippen molar-refractivity contribution in [3.8, 4) is 0 Å². The Kier molecular flexibility index (Phi) is 4.55. The van der Waals surface area contributed by atoms with Gasteiger partial charge in [0.25, 0.3) is 0 Å². The maximum Gasteiger partial charge on any atom is 0.319 e. The highest BCUT2D eigenvalue weighted by molar-refractivity contribution is 6.01. The molecule has 2 N–H and O–H groups in total. The lowest BCUT2D eigenvalue weighted by Crippen LogP contribution is -2.49. The van der Waals surface area contributed by atoms with Crippen LogP contribution < -0.4 is 15.5 Å². The molecule has 1 aromatic rings. The molecule has 2 aliphatic rings. The number of hydrogen-bond donors (Lipinski definition) is 2. The van der Waals surface area contributed by atoms with Gasteiger partial charge in [-0.25, -0.2) is 4.79 Å². The van der Waals surface area contributed by atoms with Crippen molar-refractivity contribution < 1.29 is 9.59 Å². The van der Waals surface area contributed by atoms with E-state index in [2.05, 4.69) is 17.6 Å². The van der Waals surface area contributed by atoms with Gasteiger partial charge in [-0.15, -0.1) is 0 Å². The number of carbonyl (C=O) groups is 2. The minimum atomic E-state index is -0.187. The van der Waals surface area contributed by atoms with Gasteiger partial charge in [-0.3, -0.25) is 4.79 Å². The zero-order valence-corrected chi connectivity index (χ0v) is 13.7. The van der Waals surface area contributed by atoms with Crippen LogP contribution in [0.2, 0.25) is 0 Å². The number of urea groups is 1. The van der Waals surface area contributed by atoms with E-state index >= 15 is 0 Å². The molecule has 1 aliphatic heterocycles. The van der Waals surface area contributed by atoms with E-state index < -0.39 is 0 Å². The van der Waals surface area contributed by atoms with Gasteiger partial charge < -0.3 is 15.5 Å². The average Bonchev–Trinajstić information content (AvgIpc) is 2.94. The van der Waals surface area contributed by atoms with Gasteiger partial charge in [-0.2, -0.15) is 0 Å². The summed E-state index contributed by atoms with van der Waals surface area (Å²) >= 11 is 0. The fourth-order valence-electron chi connectivity index (χ4n) is 3.60. The summed E-state index contributed by atoms with van der Waals surface area (Å²) in [6, 6.07) is 7.33. The average molecular weight is 315 g/mol. The Morgan fingerprint density at radius 1 is 1.13 bits per heavy atom. The summed E-state index contributed by atoms with van der Waals surface area (Å²) in [4.78, 5) is 26.1. The number of para-hydroxylation sites is 2. The van der Waals surface area contributed by atoms with Crippen molar-refractivity contribution >= 4 is 23.3 Å². The highest BCUT2D eigenvalue weighted by Crippen LogP contribution is 2.30. The Bertz CT molecular complexity index is 594. The number of rotatable bonds is 3. The summed E-state index contributed by atoms with van der Waals surface area (Å²) < 4.78 is 0. The van der Waals surface area contributed by atoms with Crippen LogP contribution in [0.5, 0.6) is 0 Å². The number of hydrogen-bond acceptors (Lipinski definition) is 2. The molecule has 1 aliphatic carbocycles. The minimum absolute atomic E-state index is 0.124. The van der Waals surface area contributed by atoms with E-state index in [1.54, 1.807) is 4.90 Å². The third kappa shape index (κ3) is 3.66. The van der Waals surface area contributed by atoms with Crippen LogP contribution in [-0.4, -0.2) is 24.0 Å². The quantitative estimate of drug-likeness (QED) is 0.894. The number of nitrogens with one attached hydrogen (secondary N) is 2. The molecular weight excluding hydrogens is 290 g/mol. The molecule has 5 heteroatoms. The smallest absolute Gasteiger partial charge is 0.319 e. The van der Waals surface area contributed by atoms with E-state index in [1.165, 1.54) is 6.42 Å². The van der Waals surface area contributed by atoms with Gasteiger partial charge in [0, 0.05) is 18.5 Å². The molecule has 0 spiro atoms. The third-order valence-electron chi connectivity index (χ3n) is 4.89. The molecule has 0 bridgehead atoms. The van der Waals surface area contributed by atoms with Gasteiger partial charge in [0.1, 0.15) is 0 Å². The molecule has 124 valence electrons. The Hall–Kier alpha value is -2.04. The Labute approximate surface area is 137 Å². The molecule has 5 nitrogen and oxygen atoms in total. The first-order chi connectivity index (χ1) is 11.1. The van der Waals surface area contributed by atoms with Crippen LogP contribution in [0.15, 0.2) is 24.3 Å². The molecule has 3 amide bonds. The third-order valence-corrected chi connectivity index (χ3v) is 4.89. The number of benzene rings is 1. The highest BCUT2D eigenvalue weighted by Gasteiger charge is 2.29. The predicted molar refractivity (Wildman–Crippen MR) is 91.7 cm³/mol. The lowest BCUT2D eigenvalue weighted by molar-refractivity contribution is -0.117. The van der Waals surface area contributed by atoms with Crippen LogP contribution in [-0.2, 0) is 4.79 Å². The predicted octanol–water partition coefficient (Wildman–Crippen LogP) is 3.66. The van der Waals surface area contributed by atoms with Gasteiger partial charge >= 0.3 is 6.03 Å². The standard InChI is InChI=1S/C18H25N3O2/c1-18(11-5-2-6-12-18)20-17(23)19-14-8-3-4-9-15(14)21-13-7-10-16(21)22/h3-4,8-9H,2,5-7,10-13H2,1H3,(H2,19,20,23). The first kappa shape index (κ1) is 15.8. The summed E-state index contributed by atoms with van der Waals surface area (Å²) in [6.07, 6.45) is 7.07. The lowest BCUT2D eigenvalue weighted by Gasteiger charge is -2.34. The molecule has 3 rings (SSSR count). The highest BCUT2D eigenvalue weighted by atomic mass is 16.2. The number of anilines is 2. The number of amides is 3. The maximum absolute atomic E-state index is 12.4. The fraction of sp³-hybridized carbons (Fsp3) is 0.556. The zero-order chi connectivity index (χ0) is 16.3. The van der Waals surface area contributed by atoms with E-state index in [4.69, 9.17) is 0 Å². The molecule has 0 unspecified atom stereocenters. The second-order valence-electron chi connectivity index (χ2n) is 6.87. The monoisotopic (exact) mass is 315 g/mol. The van der Waals surface area contributed by atoms with E-state index in [0.717, 1.165) is 44.3 Å². The van der Waals surface area contributed by atoms with Crippen molar-refractivity contribution in [3.05, 3.63) is 24.3 Å². The summed E-state index contributed by atoms with van der Waals surface area (Å²) in [7, 11) is 0. The van der Waals surface area contributed by atoms with Crippen LogP contribution in [0.4, 0.5) is 16.2 Å². The molecule has 23 heavy (non-hydrogen) atoms. The Morgan fingerprint density at radius 2 is 1.87 bits per heavy atom. The molecule has 0 aromatic heterocycles. The summed E-state index contributed by atoms with van der Waals surface area (Å²) in [5.74, 6) is 0.124. The van der Waals surface area contributed by atoms with Crippen LogP contribution in [0, 0.1) is 0 Å². The van der Waals surface area contributed by atoms with Crippen molar-refractivity contribution in [1.29, 1.82) is 0 Å². The van der Waals surface area contributed by atoms with E-state index in [1.807, 2.05) is 24.3 Å². The van der Waals surface area contributed by atoms with Gasteiger partial charge in [0.15, 0.2) is 0 Å². The van der Waals surface area contributed by atoms with Crippen molar-refractivity contribution in [1.82, 2.24) is 5.32 Å². The molecule has 1 saturated heterocycles. The zero-order valence-electron chi connectivity index (χ0n) is 13.7. The van der Waals surface area contributed by atoms with Gasteiger partial charge in [-0.05, 0) is 38.3 Å². The summed E-state index contributed by atoms with van der Waals surface area (Å²) in [5, 5.41) is 6.06. The molecule has 1 saturated carbocycles. The lowest BCUT2D eigenvalue weighted by atomic mass is 9.83. The molecule has 1 aromatic carbocycles. The Balaban J connectivity index is 1.70. The van der Waals surface area contributed by atoms with Crippen LogP contribution in [0.1, 0.15) is 51.9 Å². The SMILES string of the molecule is CC1(NC(=O)Nc2ccccc2N2CCCC2=O)CCCCC1. The second kappa shape index (κ2) is 6.60. The molecule has 1 heterocycles. The largest absolute Gasteiger partial charge is 0.333 e. The van der Waals surface area contributed by atoms with Crippen molar-refractivity contribution in [2.24, 2.45) is 0 Å². The first-order valence-electron chi connectivity index (χ1n) is 8.56. The van der Waals surface area contributed by atoms with Crippen molar-refractivity contribution in [2.45, 2.75) is 57.4 Å². The fourth-order valence-corrected chi connectivity index (χ4v) is 3.60. The molecular formula is C18H25N3O2.